The van der Waals surface area contributed by atoms with Crippen molar-refractivity contribution >= 4 is 27.3 Å². The summed E-state index contributed by atoms with van der Waals surface area (Å²) in [5, 5.41) is 7.22. The van der Waals surface area contributed by atoms with Gasteiger partial charge in [-0.3, -0.25) is 5.01 Å². The maximum absolute atomic E-state index is 5.06. The molecule has 3 heteroatoms. The van der Waals surface area contributed by atoms with Crippen LogP contribution in [0.2, 0.25) is 0 Å². The number of halogens is 1. The van der Waals surface area contributed by atoms with Gasteiger partial charge < -0.3 is 0 Å². The van der Waals surface area contributed by atoms with Crippen LogP contribution < -0.4 is 5.01 Å². The molecule has 0 spiro atoms. The zero-order chi connectivity index (χ0) is 21.0. The van der Waals surface area contributed by atoms with E-state index in [1.54, 1.807) is 0 Å². The lowest BCUT2D eigenvalue weighted by atomic mass is 9.97. The summed E-state index contributed by atoms with van der Waals surface area (Å²) in [5.41, 5.74) is 7.36. The molecule has 4 aromatic rings. The van der Waals surface area contributed by atoms with Gasteiger partial charge in [0.15, 0.2) is 0 Å². The second-order valence-corrected chi connectivity index (χ2v) is 8.77. The van der Waals surface area contributed by atoms with Crippen LogP contribution in [0.4, 0.5) is 5.69 Å². The molecule has 5 rings (SSSR count). The van der Waals surface area contributed by atoms with Crippen molar-refractivity contribution in [3.8, 4) is 0 Å². The van der Waals surface area contributed by atoms with Gasteiger partial charge in [-0.2, -0.15) is 5.10 Å². The molecule has 1 aliphatic heterocycles. The van der Waals surface area contributed by atoms with E-state index in [0.29, 0.717) is 0 Å². The highest BCUT2D eigenvalue weighted by atomic mass is 79.9. The Balaban J connectivity index is 1.42. The number of hydrogen-bond donors (Lipinski definition) is 0. The Kier molecular flexibility index (Phi) is 5.68. The number of hydrogen-bond acceptors (Lipinski definition) is 2. The first kappa shape index (κ1) is 19.8. The molecule has 0 aromatic heterocycles. The van der Waals surface area contributed by atoms with Crippen molar-refractivity contribution in [3.63, 3.8) is 0 Å². The largest absolute Gasteiger partial charge is 0.257 e. The summed E-state index contributed by atoms with van der Waals surface area (Å²) in [6, 6.07) is 38.7. The quantitative estimate of drug-likeness (QED) is 0.299. The zero-order valence-corrected chi connectivity index (χ0v) is 18.7. The molecule has 0 amide bonds. The fourth-order valence-electron chi connectivity index (χ4n) is 4.09. The lowest BCUT2D eigenvalue weighted by molar-refractivity contribution is 0.709. The summed E-state index contributed by atoms with van der Waals surface area (Å²) in [6.45, 7) is 0. The molecule has 0 saturated heterocycles. The lowest BCUT2D eigenvalue weighted by Gasteiger charge is -2.24. The van der Waals surface area contributed by atoms with E-state index in [1.807, 2.05) is 6.07 Å². The number of hydrazone groups is 1. The summed E-state index contributed by atoms with van der Waals surface area (Å²) in [4.78, 5) is 0. The minimum atomic E-state index is 0.189. The number of rotatable bonds is 5. The summed E-state index contributed by atoms with van der Waals surface area (Å²) in [5.74, 6) is 0. The fourth-order valence-corrected chi connectivity index (χ4v) is 4.36. The van der Waals surface area contributed by atoms with Crippen LogP contribution in [0.3, 0.4) is 0 Å². The normalized spacial score (nSPS) is 15.7. The molecule has 0 bridgehead atoms. The van der Waals surface area contributed by atoms with Gasteiger partial charge in [0.05, 0.1) is 17.4 Å². The van der Waals surface area contributed by atoms with Gasteiger partial charge in [0.25, 0.3) is 0 Å². The monoisotopic (exact) mass is 466 g/mol. The van der Waals surface area contributed by atoms with E-state index in [-0.39, 0.29) is 6.04 Å². The summed E-state index contributed by atoms with van der Waals surface area (Å²) < 4.78 is 1.09. The van der Waals surface area contributed by atoms with Crippen LogP contribution in [0.25, 0.3) is 0 Å². The standard InChI is InChI=1S/C28H23BrN2/c29-25-17-15-24(16-18-25)28-20-27(30-31(28)26-9-5-2-6-10-26)23-13-11-22(12-14-23)19-21-7-3-1-4-8-21/h1-18,28H,19-20H2. The van der Waals surface area contributed by atoms with Crippen molar-refractivity contribution in [1.82, 2.24) is 0 Å². The van der Waals surface area contributed by atoms with Gasteiger partial charge in [0.1, 0.15) is 0 Å². The Morgan fingerprint density at radius 1 is 0.710 bits per heavy atom. The molecule has 0 saturated carbocycles. The maximum atomic E-state index is 5.06. The molecule has 0 aliphatic carbocycles. The molecule has 31 heavy (non-hydrogen) atoms. The Morgan fingerprint density at radius 3 is 2.00 bits per heavy atom. The highest BCUT2D eigenvalue weighted by molar-refractivity contribution is 9.10. The number of anilines is 1. The van der Waals surface area contributed by atoms with Crippen molar-refractivity contribution in [2.24, 2.45) is 5.10 Å². The molecular formula is C28H23BrN2. The van der Waals surface area contributed by atoms with Crippen LogP contribution in [0, 0.1) is 0 Å². The van der Waals surface area contributed by atoms with Gasteiger partial charge >= 0.3 is 0 Å². The van der Waals surface area contributed by atoms with E-state index in [4.69, 9.17) is 5.10 Å². The van der Waals surface area contributed by atoms with Crippen molar-refractivity contribution < 1.29 is 0 Å². The first-order valence-corrected chi connectivity index (χ1v) is 11.4. The second kappa shape index (κ2) is 8.91. The van der Waals surface area contributed by atoms with E-state index >= 15 is 0 Å². The molecule has 1 unspecified atom stereocenters. The Hall–Kier alpha value is -3.17. The van der Waals surface area contributed by atoms with Crippen molar-refractivity contribution in [3.05, 3.63) is 136 Å². The van der Waals surface area contributed by atoms with E-state index in [1.165, 1.54) is 22.3 Å². The molecule has 0 N–H and O–H groups in total. The minimum absolute atomic E-state index is 0.189. The first-order chi connectivity index (χ1) is 15.3. The van der Waals surface area contributed by atoms with E-state index in [2.05, 4.69) is 124 Å². The number of nitrogens with zero attached hydrogens (tertiary/aromatic N) is 2. The highest BCUT2D eigenvalue weighted by Crippen LogP contribution is 2.37. The molecule has 1 heterocycles. The van der Waals surface area contributed by atoms with Gasteiger partial charge in [0.2, 0.25) is 0 Å². The first-order valence-electron chi connectivity index (χ1n) is 10.6. The molecule has 2 nitrogen and oxygen atoms in total. The average molecular weight is 467 g/mol. The van der Waals surface area contributed by atoms with Crippen LogP contribution >= 0.6 is 15.9 Å². The maximum Gasteiger partial charge on any atom is 0.0831 e. The molecule has 152 valence electrons. The fraction of sp³-hybridized carbons (Fsp3) is 0.107. The summed E-state index contributed by atoms with van der Waals surface area (Å²) in [7, 11) is 0. The third kappa shape index (κ3) is 4.47. The van der Waals surface area contributed by atoms with Crippen LogP contribution in [0.5, 0.6) is 0 Å². The minimum Gasteiger partial charge on any atom is -0.257 e. The molecule has 0 fully saturated rings. The summed E-state index contributed by atoms with van der Waals surface area (Å²) in [6.07, 6.45) is 1.83. The zero-order valence-electron chi connectivity index (χ0n) is 17.2. The van der Waals surface area contributed by atoms with Gasteiger partial charge in [0, 0.05) is 10.9 Å². The molecule has 4 aromatic carbocycles. The molecule has 1 atom stereocenters. The predicted molar refractivity (Wildman–Crippen MR) is 133 cm³/mol. The van der Waals surface area contributed by atoms with Crippen molar-refractivity contribution in [1.29, 1.82) is 0 Å². The predicted octanol–water partition coefficient (Wildman–Crippen LogP) is 7.40. The SMILES string of the molecule is Brc1ccc(C2CC(c3ccc(Cc4ccccc4)cc3)=NN2c2ccccc2)cc1. The third-order valence-corrected chi connectivity index (χ3v) is 6.25. The number of benzene rings is 4. The second-order valence-electron chi connectivity index (χ2n) is 7.86. The van der Waals surface area contributed by atoms with Crippen molar-refractivity contribution in [2.45, 2.75) is 18.9 Å². The van der Waals surface area contributed by atoms with Crippen LogP contribution in [-0.4, -0.2) is 5.71 Å². The van der Waals surface area contributed by atoms with Gasteiger partial charge in [-0.05, 0) is 52.9 Å². The van der Waals surface area contributed by atoms with E-state index < -0.39 is 0 Å². The average Bonchev–Trinajstić information content (AvgIpc) is 3.27. The number of para-hydroxylation sites is 1. The van der Waals surface area contributed by atoms with Gasteiger partial charge in [-0.1, -0.05) is 101 Å². The Bertz CT molecular complexity index is 1170. The highest BCUT2D eigenvalue weighted by Gasteiger charge is 2.29. The van der Waals surface area contributed by atoms with E-state index in [0.717, 1.165) is 28.7 Å². The lowest BCUT2D eigenvalue weighted by Crippen LogP contribution is -2.18. The van der Waals surface area contributed by atoms with E-state index in [9.17, 15) is 0 Å². The van der Waals surface area contributed by atoms with Crippen molar-refractivity contribution in [2.75, 3.05) is 5.01 Å². The van der Waals surface area contributed by atoms with Gasteiger partial charge in [-0.25, -0.2) is 0 Å². The van der Waals surface area contributed by atoms with Crippen LogP contribution in [0.15, 0.2) is 119 Å². The topological polar surface area (TPSA) is 15.6 Å². The third-order valence-electron chi connectivity index (χ3n) is 5.72. The Morgan fingerprint density at radius 2 is 1.32 bits per heavy atom. The smallest absolute Gasteiger partial charge is 0.0831 e. The molecule has 1 aliphatic rings. The van der Waals surface area contributed by atoms with Gasteiger partial charge in [-0.15, -0.1) is 0 Å². The molecular weight excluding hydrogens is 444 g/mol. The molecule has 0 radical (unpaired) electrons. The Labute approximate surface area is 192 Å². The van der Waals surface area contributed by atoms with Crippen LogP contribution in [-0.2, 0) is 6.42 Å². The van der Waals surface area contributed by atoms with Crippen LogP contribution in [0.1, 0.15) is 34.7 Å². The summed E-state index contributed by atoms with van der Waals surface area (Å²) >= 11 is 3.55.